The second kappa shape index (κ2) is 6.76. The Kier molecular flexibility index (Phi) is 5.82. The van der Waals surface area contributed by atoms with E-state index in [4.69, 9.17) is 0 Å². The summed E-state index contributed by atoms with van der Waals surface area (Å²) in [5.41, 5.74) is -1.25. The van der Waals surface area contributed by atoms with Crippen LogP contribution in [0.5, 0.6) is 0 Å². The maximum absolute atomic E-state index is 12.6. The third kappa shape index (κ3) is 4.63. The zero-order valence-corrected chi connectivity index (χ0v) is 12.0. The highest BCUT2D eigenvalue weighted by molar-refractivity contribution is 5.80. The Hall–Kier alpha value is -0.820. The molecule has 2 N–H and O–H groups in total. The van der Waals surface area contributed by atoms with Gasteiger partial charge in [0.25, 0.3) is 0 Å². The molecule has 0 aromatic heterocycles. The Bertz CT molecular complexity index is 332. The Morgan fingerprint density at radius 1 is 1.30 bits per heavy atom. The van der Waals surface area contributed by atoms with Crippen molar-refractivity contribution in [2.24, 2.45) is 5.92 Å². The van der Waals surface area contributed by atoms with E-state index in [9.17, 15) is 23.1 Å². The molecule has 0 spiro atoms. The molecule has 0 aromatic rings. The summed E-state index contributed by atoms with van der Waals surface area (Å²) in [6.45, 7) is 3.06. The molecular weight excluding hydrogens is 273 g/mol. The molecule has 1 unspecified atom stereocenters. The molecule has 7 heteroatoms. The van der Waals surface area contributed by atoms with Gasteiger partial charge in [0.05, 0.1) is 6.54 Å². The molecule has 0 aliphatic heterocycles. The average molecular weight is 296 g/mol. The Morgan fingerprint density at radius 3 is 2.25 bits per heavy atom. The number of carboxylic acid groups (broad SMARTS) is 1. The average Bonchev–Trinajstić information content (AvgIpc) is 3.09. The summed E-state index contributed by atoms with van der Waals surface area (Å²) in [7, 11) is 0. The monoisotopic (exact) mass is 296 g/mol. The molecule has 118 valence electrons. The highest BCUT2D eigenvalue weighted by Gasteiger charge is 2.52. The van der Waals surface area contributed by atoms with E-state index in [2.05, 4.69) is 5.32 Å². The number of halogens is 3. The summed E-state index contributed by atoms with van der Waals surface area (Å²) >= 11 is 0. The predicted octanol–water partition coefficient (Wildman–Crippen LogP) is 2.10. The van der Waals surface area contributed by atoms with Gasteiger partial charge in [-0.2, -0.15) is 13.2 Å². The molecule has 1 fully saturated rings. The number of rotatable bonds is 9. The van der Waals surface area contributed by atoms with Gasteiger partial charge in [-0.1, -0.05) is 13.8 Å². The number of hydrogen-bond donors (Lipinski definition) is 2. The van der Waals surface area contributed by atoms with E-state index in [1.807, 2.05) is 0 Å². The van der Waals surface area contributed by atoms with Crippen LogP contribution in [0.25, 0.3) is 0 Å². The fourth-order valence-electron chi connectivity index (χ4n) is 2.68. The molecule has 0 radical (unpaired) electrons. The topological polar surface area (TPSA) is 52.6 Å². The van der Waals surface area contributed by atoms with Gasteiger partial charge in [-0.3, -0.25) is 9.69 Å². The number of likely N-dealkylation sites (N-methyl/N-ethyl adjacent to an activating group) is 1. The van der Waals surface area contributed by atoms with Crippen LogP contribution in [0.2, 0.25) is 0 Å². The van der Waals surface area contributed by atoms with E-state index in [-0.39, 0.29) is 19.0 Å². The van der Waals surface area contributed by atoms with Crippen molar-refractivity contribution in [1.29, 1.82) is 0 Å². The second-order valence-corrected chi connectivity index (χ2v) is 5.41. The van der Waals surface area contributed by atoms with E-state index in [1.54, 1.807) is 13.8 Å². The van der Waals surface area contributed by atoms with E-state index >= 15 is 0 Å². The lowest BCUT2D eigenvalue weighted by molar-refractivity contribution is -0.157. The fourth-order valence-corrected chi connectivity index (χ4v) is 2.68. The molecule has 0 aromatic carbocycles. The van der Waals surface area contributed by atoms with Crippen molar-refractivity contribution in [2.75, 3.05) is 26.2 Å². The van der Waals surface area contributed by atoms with E-state index in [0.717, 1.165) is 12.8 Å². The van der Waals surface area contributed by atoms with Crippen LogP contribution in [0.4, 0.5) is 13.2 Å². The summed E-state index contributed by atoms with van der Waals surface area (Å²) in [5.74, 6) is -1.13. The van der Waals surface area contributed by atoms with Crippen molar-refractivity contribution >= 4 is 5.97 Å². The first kappa shape index (κ1) is 17.2. The molecule has 20 heavy (non-hydrogen) atoms. The summed E-state index contributed by atoms with van der Waals surface area (Å²) in [6.07, 6.45) is -2.24. The van der Waals surface area contributed by atoms with Crippen molar-refractivity contribution in [3.63, 3.8) is 0 Å². The lowest BCUT2D eigenvalue weighted by atomic mass is 9.92. The minimum absolute atomic E-state index is 0.0764. The summed E-state index contributed by atoms with van der Waals surface area (Å²) in [6, 6.07) is 0. The number of carboxylic acids is 1. The van der Waals surface area contributed by atoms with Crippen LogP contribution in [-0.2, 0) is 4.79 Å². The van der Waals surface area contributed by atoms with Crippen molar-refractivity contribution in [3.8, 4) is 0 Å². The fraction of sp³-hybridized carbons (Fsp3) is 0.923. The third-order valence-electron chi connectivity index (χ3n) is 3.56. The molecule has 4 nitrogen and oxygen atoms in total. The smallest absolute Gasteiger partial charge is 0.401 e. The number of hydrogen-bond acceptors (Lipinski definition) is 3. The van der Waals surface area contributed by atoms with Crippen LogP contribution >= 0.6 is 0 Å². The highest BCUT2D eigenvalue weighted by Crippen LogP contribution is 2.40. The van der Waals surface area contributed by atoms with E-state index < -0.39 is 24.2 Å². The Balaban J connectivity index is 2.86. The van der Waals surface area contributed by atoms with Gasteiger partial charge in [0.15, 0.2) is 0 Å². The van der Waals surface area contributed by atoms with Crippen molar-refractivity contribution in [3.05, 3.63) is 0 Å². The zero-order valence-electron chi connectivity index (χ0n) is 12.0. The molecule has 0 heterocycles. The molecule has 1 aliphatic rings. The molecule has 1 rings (SSSR count). The minimum Gasteiger partial charge on any atom is -0.480 e. The Labute approximate surface area is 117 Å². The van der Waals surface area contributed by atoms with Crippen LogP contribution in [0.3, 0.4) is 0 Å². The number of alkyl halides is 3. The van der Waals surface area contributed by atoms with Crippen LogP contribution in [0, 0.1) is 5.92 Å². The summed E-state index contributed by atoms with van der Waals surface area (Å²) in [5, 5.41) is 12.4. The molecule has 1 saturated carbocycles. The number of aliphatic carboxylic acids is 1. The van der Waals surface area contributed by atoms with Gasteiger partial charge >= 0.3 is 12.1 Å². The van der Waals surface area contributed by atoms with Crippen LogP contribution < -0.4 is 5.32 Å². The SMILES string of the molecule is CCCN(CC(F)(F)F)CC(NCC)(C(=O)O)C1CC1. The lowest BCUT2D eigenvalue weighted by Crippen LogP contribution is -2.61. The molecule has 1 atom stereocenters. The quantitative estimate of drug-likeness (QED) is 0.684. The van der Waals surface area contributed by atoms with E-state index in [0.29, 0.717) is 13.0 Å². The number of nitrogens with one attached hydrogen (secondary N) is 1. The first-order chi connectivity index (χ1) is 9.25. The van der Waals surface area contributed by atoms with Crippen molar-refractivity contribution in [2.45, 2.75) is 44.8 Å². The minimum atomic E-state index is -4.31. The number of nitrogens with zero attached hydrogens (tertiary/aromatic N) is 1. The largest absolute Gasteiger partial charge is 0.480 e. The molecule has 0 saturated heterocycles. The molecule has 1 aliphatic carbocycles. The van der Waals surface area contributed by atoms with Gasteiger partial charge in [-0.15, -0.1) is 0 Å². The summed E-state index contributed by atoms with van der Waals surface area (Å²) < 4.78 is 37.8. The third-order valence-corrected chi connectivity index (χ3v) is 3.56. The van der Waals surface area contributed by atoms with Crippen molar-refractivity contribution in [1.82, 2.24) is 10.2 Å². The van der Waals surface area contributed by atoms with Gasteiger partial charge in [0, 0.05) is 6.54 Å². The van der Waals surface area contributed by atoms with Crippen LogP contribution in [-0.4, -0.2) is 53.9 Å². The maximum atomic E-state index is 12.6. The standard InChI is InChI=1S/C13H23F3N2O2/c1-3-7-18(9-13(14,15)16)8-12(11(19)20,17-4-2)10-5-6-10/h10,17H,3-9H2,1-2H3,(H,19,20). The predicted molar refractivity (Wildman–Crippen MR) is 69.6 cm³/mol. The van der Waals surface area contributed by atoms with Gasteiger partial charge in [-0.25, -0.2) is 0 Å². The van der Waals surface area contributed by atoms with Crippen molar-refractivity contribution < 1.29 is 23.1 Å². The van der Waals surface area contributed by atoms with Crippen LogP contribution in [0.15, 0.2) is 0 Å². The van der Waals surface area contributed by atoms with Crippen LogP contribution in [0.1, 0.15) is 33.1 Å². The number of carbonyl (C=O) groups is 1. The second-order valence-electron chi connectivity index (χ2n) is 5.41. The Morgan fingerprint density at radius 2 is 1.90 bits per heavy atom. The highest BCUT2D eigenvalue weighted by atomic mass is 19.4. The maximum Gasteiger partial charge on any atom is 0.401 e. The van der Waals surface area contributed by atoms with Gasteiger partial charge in [0.2, 0.25) is 0 Å². The van der Waals surface area contributed by atoms with Gasteiger partial charge < -0.3 is 10.4 Å². The van der Waals surface area contributed by atoms with Gasteiger partial charge in [-0.05, 0) is 38.3 Å². The first-order valence-corrected chi connectivity index (χ1v) is 7.02. The lowest BCUT2D eigenvalue weighted by Gasteiger charge is -2.36. The van der Waals surface area contributed by atoms with Gasteiger partial charge in [0.1, 0.15) is 5.54 Å². The molecule has 0 bridgehead atoms. The molecular formula is C13H23F3N2O2. The first-order valence-electron chi connectivity index (χ1n) is 7.02. The normalized spacial score (nSPS) is 19.1. The van der Waals surface area contributed by atoms with E-state index in [1.165, 1.54) is 4.90 Å². The zero-order chi connectivity index (χ0) is 15.4. The molecule has 0 amide bonds. The summed E-state index contributed by atoms with van der Waals surface area (Å²) in [4.78, 5) is 12.8.